The van der Waals surface area contributed by atoms with Gasteiger partial charge in [-0.2, -0.15) is 5.10 Å². The number of fused-ring (bicyclic) bond motifs is 1. The van der Waals surface area contributed by atoms with E-state index in [1.165, 1.54) is 0 Å². The average Bonchev–Trinajstić information content (AvgIpc) is 2.87. The molecular formula is C15H20N4O3. The number of aryl methyl sites for hydroxylation is 2. The second kappa shape index (κ2) is 5.66. The first kappa shape index (κ1) is 14.9. The smallest absolute Gasteiger partial charge is 0.272 e. The lowest BCUT2D eigenvalue weighted by atomic mass is 9.94. The number of piperidine rings is 1. The predicted octanol–water partition coefficient (Wildman–Crippen LogP) is 0.161. The molecule has 1 fully saturated rings. The number of aliphatic hydroxyl groups is 2. The summed E-state index contributed by atoms with van der Waals surface area (Å²) in [5.74, 6) is -0.349. The summed E-state index contributed by atoms with van der Waals surface area (Å²) in [4.78, 5) is 18.6. The molecule has 7 heteroatoms. The molecule has 22 heavy (non-hydrogen) atoms. The van der Waals surface area contributed by atoms with Crippen molar-refractivity contribution in [3.63, 3.8) is 0 Å². The second-order valence-corrected chi connectivity index (χ2v) is 5.89. The van der Waals surface area contributed by atoms with Crippen molar-refractivity contribution in [3.8, 4) is 0 Å². The third-order valence-electron chi connectivity index (χ3n) is 4.19. The summed E-state index contributed by atoms with van der Waals surface area (Å²) in [5.41, 5.74) is 2.69. The standard InChI is InChI=1S/C15H20N4O3/c1-9-5-14-16-12(6-10(2)19(14)17-9)15(22)18-4-3-11(8-20)13(21)7-18/h5-6,11,13,20-21H,3-4,7-8H2,1-2H3. The number of β-amino-alcohol motifs (C(OH)–C–C–N with tert-alkyl or cyclic N) is 1. The molecule has 2 aromatic heterocycles. The maximum atomic E-state index is 12.6. The van der Waals surface area contributed by atoms with Crippen LogP contribution < -0.4 is 0 Å². The molecule has 0 bridgehead atoms. The molecule has 0 radical (unpaired) electrons. The minimum atomic E-state index is -0.690. The fourth-order valence-electron chi connectivity index (χ4n) is 2.89. The third kappa shape index (κ3) is 2.57. The zero-order chi connectivity index (χ0) is 15.9. The Labute approximate surface area is 128 Å². The maximum absolute atomic E-state index is 12.6. The van der Waals surface area contributed by atoms with Crippen LogP contribution in [0.2, 0.25) is 0 Å². The molecule has 2 unspecified atom stereocenters. The molecule has 118 valence electrons. The van der Waals surface area contributed by atoms with Gasteiger partial charge in [-0.05, 0) is 26.3 Å². The predicted molar refractivity (Wildman–Crippen MR) is 79.6 cm³/mol. The molecule has 0 spiro atoms. The van der Waals surface area contributed by atoms with Crippen LogP contribution in [0.4, 0.5) is 0 Å². The number of amides is 1. The fraction of sp³-hybridized carbons (Fsp3) is 0.533. The summed E-state index contributed by atoms with van der Waals surface area (Å²) in [6, 6.07) is 3.54. The van der Waals surface area contributed by atoms with Crippen LogP contribution in [-0.4, -0.2) is 61.4 Å². The van der Waals surface area contributed by atoms with Gasteiger partial charge >= 0.3 is 0 Å². The summed E-state index contributed by atoms with van der Waals surface area (Å²) in [6.45, 7) is 4.46. The molecule has 2 atom stereocenters. The van der Waals surface area contributed by atoms with Crippen molar-refractivity contribution in [2.24, 2.45) is 5.92 Å². The van der Waals surface area contributed by atoms with Crippen molar-refractivity contribution >= 4 is 11.6 Å². The van der Waals surface area contributed by atoms with Crippen LogP contribution in [0, 0.1) is 19.8 Å². The third-order valence-corrected chi connectivity index (χ3v) is 4.19. The Hall–Kier alpha value is -1.99. The number of aromatic nitrogens is 3. The van der Waals surface area contributed by atoms with Crippen molar-refractivity contribution in [1.29, 1.82) is 0 Å². The first-order chi connectivity index (χ1) is 10.5. The summed E-state index contributed by atoms with van der Waals surface area (Å²) in [7, 11) is 0. The first-order valence-electron chi connectivity index (χ1n) is 7.42. The van der Waals surface area contributed by atoms with Crippen LogP contribution in [-0.2, 0) is 0 Å². The maximum Gasteiger partial charge on any atom is 0.272 e. The number of carbonyl (C=O) groups is 1. The Morgan fingerprint density at radius 1 is 1.41 bits per heavy atom. The number of hydrogen-bond donors (Lipinski definition) is 2. The normalized spacial score (nSPS) is 22.3. The van der Waals surface area contributed by atoms with Gasteiger partial charge in [-0.1, -0.05) is 0 Å². The number of rotatable bonds is 2. The topological polar surface area (TPSA) is 91.0 Å². The number of hydrogen-bond acceptors (Lipinski definition) is 5. The van der Waals surface area contributed by atoms with Crippen LogP contribution >= 0.6 is 0 Å². The van der Waals surface area contributed by atoms with Gasteiger partial charge in [0, 0.05) is 37.4 Å². The lowest BCUT2D eigenvalue weighted by molar-refractivity contribution is 0.000663. The van der Waals surface area contributed by atoms with E-state index in [-0.39, 0.29) is 25.0 Å². The quantitative estimate of drug-likeness (QED) is 0.825. The lowest BCUT2D eigenvalue weighted by Crippen LogP contribution is -2.47. The highest BCUT2D eigenvalue weighted by Crippen LogP contribution is 2.19. The number of aliphatic hydroxyl groups excluding tert-OH is 2. The number of likely N-dealkylation sites (tertiary alicyclic amines) is 1. The van der Waals surface area contributed by atoms with Crippen LogP contribution in [0.1, 0.15) is 28.3 Å². The Morgan fingerprint density at radius 3 is 2.86 bits per heavy atom. The fourth-order valence-corrected chi connectivity index (χ4v) is 2.89. The van der Waals surface area contributed by atoms with Gasteiger partial charge in [-0.3, -0.25) is 4.79 Å². The molecule has 7 nitrogen and oxygen atoms in total. The Bertz CT molecular complexity index is 712. The second-order valence-electron chi connectivity index (χ2n) is 5.89. The molecule has 1 aliphatic heterocycles. The van der Waals surface area contributed by atoms with E-state index < -0.39 is 6.10 Å². The van der Waals surface area contributed by atoms with Crippen LogP contribution in [0.15, 0.2) is 12.1 Å². The lowest BCUT2D eigenvalue weighted by Gasteiger charge is -2.34. The molecule has 2 aromatic rings. The molecule has 1 aliphatic rings. The largest absolute Gasteiger partial charge is 0.396 e. The summed E-state index contributed by atoms with van der Waals surface area (Å²) < 4.78 is 1.71. The highest BCUT2D eigenvalue weighted by Gasteiger charge is 2.30. The van der Waals surface area contributed by atoms with Gasteiger partial charge in [0.1, 0.15) is 5.69 Å². The molecular weight excluding hydrogens is 284 g/mol. The Balaban J connectivity index is 1.86. The number of nitrogens with zero attached hydrogens (tertiary/aromatic N) is 4. The monoisotopic (exact) mass is 304 g/mol. The van der Waals surface area contributed by atoms with Crippen molar-refractivity contribution in [2.75, 3.05) is 19.7 Å². The van der Waals surface area contributed by atoms with Gasteiger partial charge in [0.2, 0.25) is 0 Å². The van der Waals surface area contributed by atoms with Crippen LogP contribution in [0.3, 0.4) is 0 Å². The van der Waals surface area contributed by atoms with E-state index in [2.05, 4.69) is 10.1 Å². The highest BCUT2D eigenvalue weighted by molar-refractivity contribution is 5.93. The summed E-state index contributed by atoms with van der Waals surface area (Å²) in [6.07, 6.45) is -0.0964. The van der Waals surface area contributed by atoms with Crippen molar-refractivity contribution in [2.45, 2.75) is 26.4 Å². The summed E-state index contributed by atoms with van der Waals surface area (Å²) >= 11 is 0. The van der Waals surface area contributed by atoms with Gasteiger partial charge in [0.25, 0.3) is 5.91 Å². The minimum absolute atomic E-state index is 0.0540. The molecule has 0 aliphatic carbocycles. The minimum Gasteiger partial charge on any atom is -0.396 e. The van der Waals surface area contributed by atoms with Gasteiger partial charge in [-0.25, -0.2) is 9.50 Å². The molecule has 1 amide bonds. The average molecular weight is 304 g/mol. The van der Waals surface area contributed by atoms with Gasteiger partial charge in [0.05, 0.1) is 11.8 Å². The SMILES string of the molecule is Cc1cc2nc(C(=O)N3CCC(CO)C(O)C3)cc(C)n2n1. The van der Waals surface area contributed by atoms with E-state index in [0.717, 1.165) is 11.4 Å². The van der Waals surface area contributed by atoms with Crippen molar-refractivity contribution < 1.29 is 15.0 Å². The van der Waals surface area contributed by atoms with E-state index in [0.29, 0.717) is 24.3 Å². The number of carbonyl (C=O) groups excluding carboxylic acids is 1. The first-order valence-corrected chi connectivity index (χ1v) is 7.42. The van der Waals surface area contributed by atoms with Crippen LogP contribution in [0.25, 0.3) is 5.65 Å². The van der Waals surface area contributed by atoms with Crippen LogP contribution in [0.5, 0.6) is 0 Å². The van der Waals surface area contributed by atoms with E-state index in [9.17, 15) is 15.0 Å². The Kier molecular flexibility index (Phi) is 3.84. The van der Waals surface area contributed by atoms with E-state index >= 15 is 0 Å². The highest BCUT2D eigenvalue weighted by atomic mass is 16.3. The van der Waals surface area contributed by atoms with Crippen molar-refractivity contribution in [3.05, 3.63) is 29.2 Å². The zero-order valence-electron chi connectivity index (χ0n) is 12.7. The molecule has 3 heterocycles. The zero-order valence-corrected chi connectivity index (χ0v) is 12.7. The molecule has 2 N–H and O–H groups in total. The van der Waals surface area contributed by atoms with E-state index in [4.69, 9.17) is 0 Å². The Morgan fingerprint density at radius 2 is 2.18 bits per heavy atom. The van der Waals surface area contributed by atoms with E-state index in [1.54, 1.807) is 15.5 Å². The summed E-state index contributed by atoms with van der Waals surface area (Å²) in [5, 5.41) is 23.5. The van der Waals surface area contributed by atoms with Gasteiger partial charge < -0.3 is 15.1 Å². The molecule has 0 saturated carbocycles. The molecule has 3 rings (SSSR count). The van der Waals surface area contributed by atoms with Crippen molar-refractivity contribution in [1.82, 2.24) is 19.5 Å². The molecule has 1 saturated heterocycles. The molecule has 0 aromatic carbocycles. The van der Waals surface area contributed by atoms with Gasteiger partial charge in [0.15, 0.2) is 5.65 Å². The van der Waals surface area contributed by atoms with E-state index in [1.807, 2.05) is 19.9 Å². The van der Waals surface area contributed by atoms with Gasteiger partial charge in [-0.15, -0.1) is 0 Å².